The molecule has 98 valence electrons. The molecular formula is C12H21NO4. The van der Waals surface area contributed by atoms with Crippen molar-refractivity contribution in [2.75, 3.05) is 20.3 Å². The van der Waals surface area contributed by atoms with Gasteiger partial charge in [-0.05, 0) is 12.8 Å². The standard InChI is InChI=1S/C12H21NO4/c1-8(9(2)12(15)16)11(14)13(6-7-17-3)10-4-5-10/h8-10H,4-7H2,1-3H3,(H,15,16). The number of hydrogen-bond donors (Lipinski definition) is 1. The van der Waals surface area contributed by atoms with Crippen molar-refractivity contribution in [2.24, 2.45) is 11.8 Å². The quantitative estimate of drug-likeness (QED) is 0.724. The molecule has 0 aliphatic heterocycles. The van der Waals surface area contributed by atoms with Crippen molar-refractivity contribution >= 4 is 11.9 Å². The molecule has 5 heteroatoms. The van der Waals surface area contributed by atoms with Crippen molar-refractivity contribution in [2.45, 2.75) is 32.7 Å². The highest BCUT2D eigenvalue weighted by Crippen LogP contribution is 2.29. The summed E-state index contributed by atoms with van der Waals surface area (Å²) in [7, 11) is 1.60. The van der Waals surface area contributed by atoms with E-state index in [9.17, 15) is 9.59 Å². The van der Waals surface area contributed by atoms with Gasteiger partial charge in [0, 0.05) is 25.6 Å². The first-order valence-corrected chi connectivity index (χ1v) is 6.01. The van der Waals surface area contributed by atoms with Gasteiger partial charge in [-0.1, -0.05) is 13.8 Å². The fourth-order valence-electron chi connectivity index (χ4n) is 1.74. The summed E-state index contributed by atoms with van der Waals surface area (Å²) >= 11 is 0. The minimum Gasteiger partial charge on any atom is -0.481 e. The Bertz CT molecular complexity index is 288. The summed E-state index contributed by atoms with van der Waals surface area (Å²) in [5.41, 5.74) is 0. The maximum Gasteiger partial charge on any atom is 0.307 e. The average Bonchev–Trinajstić information content (AvgIpc) is 3.11. The highest BCUT2D eigenvalue weighted by Gasteiger charge is 2.37. The first-order chi connectivity index (χ1) is 7.99. The third-order valence-corrected chi connectivity index (χ3v) is 3.34. The Kier molecular flexibility index (Phi) is 4.93. The highest BCUT2D eigenvalue weighted by atomic mass is 16.5. The molecule has 0 heterocycles. The molecular weight excluding hydrogens is 222 g/mol. The van der Waals surface area contributed by atoms with Crippen LogP contribution in [-0.4, -0.2) is 48.2 Å². The number of carboxylic acid groups (broad SMARTS) is 1. The van der Waals surface area contributed by atoms with Crippen molar-refractivity contribution in [1.29, 1.82) is 0 Å². The number of aliphatic carboxylic acids is 1. The summed E-state index contributed by atoms with van der Waals surface area (Å²) in [5, 5.41) is 8.92. The number of nitrogens with zero attached hydrogens (tertiary/aromatic N) is 1. The lowest BCUT2D eigenvalue weighted by Crippen LogP contribution is -2.42. The first kappa shape index (κ1) is 14.0. The Hall–Kier alpha value is -1.10. The maximum absolute atomic E-state index is 12.2. The monoisotopic (exact) mass is 243 g/mol. The smallest absolute Gasteiger partial charge is 0.307 e. The molecule has 0 aromatic rings. The fourth-order valence-corrected chi connectivity index (χ4v) is 1.74. The molecule has 0 bridgehead atoms. The van der Waals surface area contributed by atoms with Gasteiger partial charge < -0.3 is 14.7 Å². The Morgan fingerprint density at radius 2 is 1.94 bits per heavy atom. The van der Waals surface area contributed by atoms with Crippen LogP contribution in [0.2, 0.25) is 0 Å². The number of ether oxygens (including phenoxy) is 1. The number of carbonyl (C=O) groups is 2. The zero-order valence-electron chi connectivity index (χ0n) is 10.7. The first-order valence-electron chi connectivity index (χ1n) is 6.01. The molecule has 1 saturated carbocycles. The number of rotatable bonds is 7. The van der Waals surface area contributed by atoms with Crippen LogP contribution >= 0.6 is 0 Å². The van der Waals surface area contributed by atoms with Gasteiger partial charge in [0.05, 0.1) is 12.5 Å². The van der Waals surface area contributed by atoms with Gasteiger partial charge in [-0.2, -0.15) is 0 Å². The Morgan fingerprint density at radius 3 is 2.35 bits per heavy atom. The van der Waals surface area contributed by atoms with Gasteiger partial charge in [-0.15, -0.1) is 0 Å². The lowest BCUT2D eigenvalue weighted by molar-refractivity contribution is -0.149. The van der Waals surface area contributed by atoms with E-state index in [0.717, 1.165) is 12.8 Å². The summed E-state index contributed by atoms with van der Waals surface area (Å²) in [6.45, 7) is 4.31. The molecule has 1 amide bonds. The Balaban J connectivity index is 2.60. The number of amides is 1. The molecule has 0 aromatic heterocycles. The van der Waals surface area contributed by atoms with Crippen LogP contribution in [0.1, 0.15) is 26.7 Å². The number of methoxy groups -OCH3 is 1. The van der Waals surface area contributed by atoms with Crippen LogP contribution < -0.4 is 0 Å². The van der Waals surface area contributed by atoms with E-state index in [2.05, 4.69) is 0 Å². The number of hydrogen-bond acceptors (Lipinski definition) is 3. The summed E-state index contributed by atoms with van der Waals surface area (Å²) in [6.07, 6.45) is 2.03. The predicted molar refractivity (Wildman–Crippen MR) is 62.6 cm³/mol. The van der Waals surface area contributed by atoms with Gasteiger partial charge in [0.1, 0.15) is 0 Å². The highest BCUT2D eigenvalue weighted by molar-refractivity contribution is 5.84. The van der Waals surface area contributed by atoms with Crippen LogP contribution in [0.4, 0.5) is 0 Å². The molecule has 1 aliphatic rings. The number of carboxylic acids is 1. The zero-order chi connectivity index (χ0) is 13.0. The van der Waals surface area contributed by atoms with E-state index in [1.54, 1.807) is 25.9 Å². The van der Waals surface area contributed by atoms with Crippen LogP contribution in [-0.2, 0) is 14.3 Å². The Morgan fingerprint density at radius 1 is 1.35 bits per heavy atom. The molecule has 0 radical (unpaired) electrons. The van der Waals surface area contributed by atoms with Crippen LogP contribution in [0, 0.1) is 11.8 Å². The van der Waals surface area contributed by atoms with Gasteiger partial charge in [0.2, 0.25) is 5.91 Å². The van der Waals surface area contributed by atoms with Crippen molar-refractivity contribution in [3.63, 3.8) is 0 Å². The molecule has 0 spiro atoms. The van der Waals surface area contributed by atoms with Gasteiger partial charge in [-0.3, -0.25) is 9.59 Å². The summed E-state index contributed by atoms with van der Waals surface area (Å²) in [6, 6.07) is 0.293. The van der Waals surface area contributed by atoms with Crippen molar-refractivity contribution < 1.29 is 19.4 Å². The fraction of sp³-hybridized carbons (Fsp3) is 0.833. The normalized spacial score (nSPS) is 18.5. The van der Waals surface area contributed by atoms with Crippen molar-refractivity contribution in [3.8, 4) is 0 Å². The van der Waals surface area contributed by atoms with Crippen LogP contribution in [0.25, 0.3) is 0 Å². The molecule has 17 heavy (non-hydrogen) atoms. The average molecular weight is 243 g/mol. The van der Waals surface area contributed by atoms with Crippen LogP contribution in [0.5, 0.6) is 0 Å². The van der Waals surface area contributed by atoms with E-state index >= 15 is 0 Å². The summed E-state index contributed by atoms with van der Waals surface area (Å²) in [4.78, 5) is 24.8. The summed E-state index contributed by atoms with van der Waals surface area (Å²) in [5.74, 6) is -2.12. The van der Waals surface area contributed by atoms with E-state index in [1.807, 2.05) is 0 Å². The molecule has 0 saturated heterocycles. The zero-order valence-corrected chi connectivity index (χ0v) is 10.7. The van der Waals surface area contributed by atoms with Gasteiger partial charge in [-0.25, -0.2) is 0 Å². The third-order valence-electron chi connectivity index (χ3n) is 3.34. The van der Waals surface area contributed by atoms with E-state index in [-0.39, 0.29) is 5.91 Å². The van der Waals surface area contributed by atoms with E-state index in [4.69, 9.17) is 9.84 Å². The molecule has 1 fully saturated rings. The predicted octanol–water partition coefficient (Wildman–Crippen LogP) is 0.981. The van der Waals surface area contributed by atoms with Crippen LogP contribution in [0.3, 0.4) is 0 Å². The second-order valence-electron chi connectivity index (χ2n) is 4.67. The van der Waals surface area contributed by atoms with E-state index in [0.29, 0.717) is 19.2 Å². The number of carbonyl (C=O) groups excluding carboxylic acids is 1. The molecule has 1 aliphatic carbocycles. The SMILES string of the molecule is COCCN(C(=O)C(C)C(C)C(=O)O)C1CC1. The van der Waals surface area contributed by atoms with Gasteiger partial charge in [0.25, 0.3) is 0 Å². The molecule has 1 N–H and O–H groups in total. The van der Waals surface area contributed by atoms with Crippen molar-refractivity contribution in [1.82, 2.24) is 4.90 Å². The van der Waals surface area contributed by atoms with Crippen LogP contribution in [0.15, 0.2) is 0 Å². The van der Waals surface area contributed by atoms with Gasteiger partial charge in [0.15, 0.2) is 0 Å². The maximum atomic E-state index is 12.2. The minimum atomic E-state index is -0.923. The van der Waals surface area contributed by atoms with Gasteiger partial charge >= 0.3 is 5.97 Å². The Labute approximate surface area is 102 Å². The lowest BCUT2D eigenvalue weighted by atomic mass is 9.94. The van der Waals surface area contributed by atoms with E-state index < -0.39 is 17.8 Å². The largest absolute Gasteiger partial charge is 0.481 e. The lowest BCUT2D eigenvalue weighted by Gasteiger charge is -2.27. The second kappa shape index (κ2) is 6.00. The second-order valence-corrected chi connectivity index (χ2v) is 4.67. The molecule has 2 atom stereocenters. The minimum absolute atomic E-state index is 0.0700. The molecule has 2 unspecified atom stereocenters. The molecule has 0 aromatic carbocycles. The molecule has 5 nitrogen and oxygen atoms in total. The van der Waals surface area contributed by atoms with Crippen molar-refractivity contribution in [3.05, 3.63) is 0 Å². The third kappa shape index (κ3) is 3.70. The van der Waals surface area contributed by atoms with E-state index in [1.165, 1.54) is 0 Å². The molecule has 1 rings (SSSR count). The topological polar surface area (TPSA) is 66.8 Å². The summed E-state index contributed by atoms with van der Waals surface area (Å²) < 4.78 is 4.98.